The van der Waals surface area contributed by atoms with E-state index in [1.807, 2.05) is 6.20 Å². The highest BCUT2D eigenvalue weighted by Crippen LogP contribution is 2.25. The number of hydrogen-bond donors (Lipinski definition) is 1. The van der Waals surface area contributed by atoms with Crippen molar-refractivity contribution >= 4 is 22.3 Å². The minimum Gasteiger partial charge on any atom is -0.309 e. The third kappa shape index (κ3) is 3.28. The molecule has 0 aliphatic carbocycles. The normalized spacial score (nSPS) is 12.6. The van der Waals surface area contributed by atoms with E-state index in [9.17, 15) is 0 Å². The van der Waals surface area contributed by atoms with Crippen LogP contribution in [0.4, 0.5) is 0 Å². The molecule has 3 aromatic rings. The van der Waals surface area contributed by atoms with Gasteiger partial charge in [0.15, 0.2) is 0 Å². The van der Waals surface area contributed by atoms with Gasteiger partial charge in [0.2, 0.25) is 0 Å². The number of aromatic nitrogens is 2. The summed E-state index contributed by atoms with van der Waals surface area (Å²) in [7, 11) is 0. The molecule has 0 fully saturated rings. The third-order valence-corrected chi connectivity index (χ3v) is 4.44. The van der Waals surface area contributed by atoms with Gasteiger partial charge in [-0.25, -0.2) is 0 Å². The first-order chi connectivity index (χ1) is 10.4. The van der Waals surface area contributed by atoms with Crippen LogP contribution < -0.4 is 5.32 Å². The molecule has 3 nitrogen and oxygen atoms in total. The lowest BCUT2D eigenvalue weighted by atomic mass is 9.98. The topological polar surface area (TPSA) is 37.8 Å². The predicted molar refractivity (Wildman–Crippen MR) is 88.6 cm³/mol. The van der Waals surface area contributed by atoms with Crippen molar-refractivity contribution in [3.63, 3.8) is 0 Å². The fraction of sp³-hybridized carbons (Fsp3) is 0.294. The first kappa shape index (κ1) is 14.2. The molecule has 0 spiro atoms. The monoisotopic (exact) mass is 297 g/mol. The van der Waals surface area contributed by atoms with Crippen LogP contribution in [0.25, 0.3) is 10.8 Å². The van der Waals surface area contributed by atoms with Crippen molar-refractivity contribution in [3.8, 4) is 0 Å². The largest absolute Gasteiger partial charge is 0.309 e. The fourth-order valence-corrected chi connectivity index (χ4v) is 3.19. The second-order valence-electron chi connectivity index (χ2n) is 5.17. The molecule has 108 valence electrons. The first-order valence-electron chi connectivity index (χ1n) is 7.35. The molecule has 1 atom stereocenters. The highest BCUT2D eigenvalue weighted by molar-refractivity contribution is 7.05. The minimum atomic E-state index is 0.288. The zero-order valence-electron chi connectivity index (χ0n) is 12.1. The Morgan fingerprint density at radius 3 is 2.81 bits per heavy atom. The van der Waals surface area contributed by atoms with Crippen molar-refractivity contribution < 1.29 is 0 Å². The molecular formula is C17H19N3S. The maximum atomic E-state index is 4.01. The average Bonchev–Trinajstić information content (AvgIpc) is 3.06. The Bertz CT molecular complexity index is 689. The Labute approximate surface area is 129 Å². The van der Waals surface area contributed by atoms with Gasteiger partial charge >= 0.3 is 0 Å². The van der Waals surface area contributed by atoms with Crippen LogP contribution in [0.2, 0.25) is 0 Å². The van der Waals surface area contributed by atoms with E-state index in [-0.39, 0.29) is 6.04 Å². The van der Waals surface area contributed by atoms with Crippen LogP contribution in [0.15, 0.2) is 48.7 Å². The Balaban J connectivity index is 1.90. The number of fused-ring (bicyclic) bond motifs is 1. The summed E-state index contributed by atoms with van der Waals surface area (Å²) in [5.41, 5.74) is 1.37. The molecule has 0 saturated carbocycles. The van der Waals surface area contributed by atoms with Crippen molar-refractivity contribution in [2.45, 2.75) is 25.8 Å². The van der Waals surface area contributed by atoms with Crippen molar-refractivity contribution in [1.29, 1.82) is 0 Å². The number of nitrogens with one attached hydrogen (secondary N) is 1. The molecule has 1 aromatic heterocycles. The summed E-state index contributed by atoms with van der Waals surface area (Å²) >= 11 is 1.48. The molecule has 1 N–H and O–H groups in total. The number of benzene rings is 2. The van der Waals surface area contributed by atoms with Crippen LogP contribution in [0.1, 0.15) is 29.8 Å². The number of hydrogen-bond acceptors (Lipinski definition) is 4. The molecule has 3 rings (SSSR count). The molecule has 0 radical (unpaired) electrons. The predicted octanol–water partition coefficient (Wildman–Crippen LogP) is 3.97. The second kappa shape index (κ2) is 6.78. The third-order valence-electron chi connectivity index (χ3n) is 3.67. The fourth-order valence-electron chi connectivity index (χ4n) is 2.61. The standard InChI is InChI=1S/C17H19N3S/c1-2-10-18-16(17-12-19-20-21-17)11-14-8-5-7-13-6-3-4-9-15(13)14/h3-9,12,16,18H,2,10-11H2,1H3. The van der Waals surface area contributed by atoms with Crippen molar-refractivity contribution in [3.05, 3.63) is 59.1 Å². The summed E-state index contributed by atoms with van der Waals surface area (Å²) in [5, 5.41) is 10.2. The van der Waals surface area contributed by atoms with Gasteiger partial charge in [-0.3, -0.25) is 0 Å². The second-order valence-corrected chi connectivity index (χ2v) is 5.99. The molecule has 4 heteroatoms. The Morgan fingerprint density at radius 2 is 2.00 bits per heavy atom. The van der Waals surface area contributed by atoms with Crippen LogP contribution in [-0.2, 0) is 6.42 Å². The van der Waals surface area contributed by atoms with E-state index < -0.39 is 0 Å². The first-order valence-corrected chi connectivity index (χ1v) is 8.13. The molecule has 21 heavy (non-hydrogen) atoms. The maximum Gasteiger partial charge on any atom is 0.0669 e. The molecule has 0 saturated heterocycles. The average molecular weight is 297 g/mol. The van der Waals surface area contributed by atoms with Gasteiger partial charge in [-0.1, -0.05) is 53.9 Å². The molecule has 0 aliphatic heterocycles. The van der Waals surface area contributed by atoms with Gasteiger partial charge in [-0.15, -0.1) is 5.10 Å². The molecule has 1 heterocycles. The Morgan fingerprint density at radius 1 is 1.14 bits per heavy atom. The van der Waals surface area contributed by atoms with E-state index >= 15 is 0 Å². The minimum absolute atomic E-state index is 0.288. The summed E-state index contributed by atoms with van der Waals surface area (Å²) in [6.07, 6.45) is 3.96. The summed E-state index contributed by atoms with van der Waals surface area (Å²) in [6.45, 7) is 3.19. The summed E-state index contributed by atoms with van der Waals surface area (Å²) in [4.78, 5) is 1.20. The van der Waals surface area contributed by atoms with E-state index in [1.165, 1.54) is 32.7 Å². The van der Waals surface area contributed by atoms with Crippen LogP contribution in [0.3, 0.4) is 0 Å². The summed E-state index contributed by atoms with van der Waals surface area (Å²) in [6, 6.07) is 15.4. The molecule has 2 aromatic carbocycles. The highest BCUT2D eigenvalue weighted by Gasteiger charge is 2.15. The van der Waals surface area contributed by atoms with Crippen molar-refractivity contribution in [1.82, 2.24) is 14.9 Å². The van der Waals surface area contributed by atoms with E-state index in [4.69, 9.17) is 0 Å². The van der Waals surface area contributed by atoms with E-state index in [1.54, 1.807) is 0 Å². The molecule has 0 amide bonds. The maximum absolute atomic E-state index is 4.01. The van der Waals surface area contributed by atoms with Gasteiger partial charge < -0.3 is 5.32 Å². The molecular weight excluding hydrogens is 278 g/mol. The smallest absolute Gasteiger partial charge is 0.0669 e. The van der Waals surface area contributed by atoms with Gasteiger partial charge in [-0.05, 0) is 47.3 Å². The molecule has 0 aliphatic rings. The van der Waals surface area contributed by atoms with Crippen molar-refractivity contribution in [2.75, 3.05) is 6.54 Å². The molecule has 0 bridgehead atoms. The van der Waals surface area contributed by atoms with Crippen LogP contribution >= 0.6 is 11.5 Å². The lowest BCUT2D eigenvalue weighted by Crippen LogP contribution is -2.23. The zero-order valence-corrected chi connectivity index (χ0v) is 12.9. The quantitative estimate of drug-likeness (QED) is 0.748. The van der Waals surface area contributed by atoms with E-state index in [2.05, 4.69) is 64.3 Å². The number of rotatable bonds is 6. The number of nitrogens with zero attached hydrogens (tertiary/aromatic N) is 2. The van der Waals surface area contributed by atoms with Gasteiger partial charge in [0.05, 0.1) is 11.1 Å². The lowest BCUT2D eigenvalue weighted by molar-refractivity contribution is 0.537. The van der Waals surface area contributed by atoms with Crippen molar-refractivity contribution in [2.24, 2.45) is 0 Å². The van der Waals surface area contributed by atoms with Crippen LogP contribution in [0, 0.1) is 0 Å². The van der Waals surface area contributed by atoms with Gasteiger partial charge in [0.1, 0.15) is 0 Å². The molecule has 1 unspecified atom stereocenters. The Kier molecular flexibility index (Phi) is 4.58. The SMILES string of the molecule is CCCNC(Cc1cccc2ccccc12)c1cnns1. The zero-order chi connectivity index (χ0) is 14.5. The van der Waals surface area contributed by atoms with Gasteiger partial charge in [0.25, 0.3) is 0 Å². The lowest BCUT2D eigenvalue weighted by Gasteiger charge is -2.17. The summed E-state index contributed by atoms with van der Waals surface area (Å²) < 4.78 is 4.01. The van der Waals surface area contributed by atoms with Gasteiger partial charge in [0, 0.05) is 6.04 Å². The van der Waals surface area contributed by atoms with Crippen LogP contribution in [0.5, 0.6) is 0 Å². The van der Waals surface area contributed by atoms with E-state index in [0.717, 1.165) is 19.4 Å². The highest BCUT2D eigenvalue weighted by atomic mass is 32.1. The Hall–Kier alpha value is -1.78. The van der Waals surface area contributed by atoms with E-state index in [0.29, 0.717) is 0 Å². The van der Waals surface area contributed by atoms with Crippen LogP contribution in [-0.4, -0.2) is 16.1 Å². The van der Waals surface area contributed by atoms with Gasteiger partial charge in [-0.2, -0.15) is 0 Å². The summed E-state index contributed by atoms with van der Waals surface area (Å²) in [5.74, 6) is 0.